The number of allylic oxidation sites excluding steroid dienone is 1. The third-order valence-corrected chi connectivity index (χ3v) is 8.52. The van der Waals surface area contributed by atoms with Crippen molar-refractivity contribution in [3.05, 3.63) is 107 Å². The normalized spacial score (nSPS) is 17.3. The van der Waals surface area contributed by atoms with E-state index in [1.165, 1.54) is 11.3 Å². The number of carbonyl (C=O) groups is 1. The number of benzene rings is 2. The van der Waals surface area contributed by atoms with E-state index in [1.54, 1.807) is 24.7 Å². The highest BCUT2D eigenvalue weighted by atomic mass is 79.9. The van der Waals surface area contributed by atoms with Crippen LogP contribution < -0.4 is 29.8 Å². The first-order valence-electron chi connectivity index (χ1n) is 13.1. The SMILES string of the molecule is COc1cccc([C@@H]2C(C(=O)Nc3ccccc3)=C(C)N=c3s/c(=C/c4cc(Br)c(N5CCOCC5)o4)c(=O)n32)c1. The van der Waals surface area contributed by atoms with E-state index in [9.17, 15) is 9.59 Å². The van der Waals surface area contributed by atoms with Crippen LogP contribution >= 0.6 is 27.3 Å². The van der Waals surface area contributed by atoms with Crippen molar-refractivity contribution in [2.24, 2.45) is 4.99 Å². The molecular formula is C30H27BrN4O5S. The summed E-state index contributed by atoms with van der Waals surface area (Å²) in [5.74, 6) is 1.54. The number of hydrogen-bond donors (Lipinski definition) is 1. The summed E-state index contributed by atoms with van der Waals surface area (Å²) < 4.78 is 19.9. The molecule has 0 bridgehead atoms. The summed E-state index contributed by atoms with van der Waals surface area (Å²) in [6.07, 6.45) is 1.73. The van der Waals surface area contributed by atoms with Gasteiger partial charge in [-0.3, -0.25) is 14.2 Å². The smallest absolute Gasteiger partial charge is 0.271 e. The standard InChI is InChI=1S/C30H27BrN4O5S/c1-18-25(27(36)33-20-8-4-3-5-9-20)26(19-7-6-10-21(15-19)38-2)35-28(37)24(41-30(35)32-18)17-22-16-23(31)29(40-22)34-11-13-39-14-12-34/h3-10,15-17,26H,11-14H2,1-2H3,(H,33,36)/b24-17+/t26-/m1/s1. The molecule has 0 unspecified atom stereocenters. The van der Waals surface area contributed by atoms with Crippen molar-refractivity contribution >= 4 is 50.8 Å². The molecule has 1 fully saturated rings. The van der Waals surface area contributed by atoms with Gasteiger partial charge in [-0.2, -0.15) is 0 Å². The van der Waals surface area contributed by atoms with Gasteiger partial charge in [0.15, 0.2) is 4.80 Å². The Kier molecular flexibility index (Phi) is 7.65. The summed E-state index contributed by atoms with van der Waals surface area (Å²) in [6, 6.07) is 17.8. The number of para-hydroxylation sites is 1. The van der Waals surface area contributed by atoms with Crippen LogP contribution in [-0.4, -0.2) is 43.9 Å². The second-order valence-corrected chi connectivity index (χ2v) is 11.4. The van der Waals surface area contributed by atoms with E-state index < -0.39 is 6.04 Å². The van der Waals surface area contributed by atoms with Gasteiger partial charge in [-0.15, -0.1) is 0 Å². The van der Waals surface area contributed by atoms with Crippen LogP contribution in [0.1, 0.15) is 24.3 Å². The lowest BCUT2D eigenvalue weighted by Crippen LogP contribution is -2.40. The molecule has 210 valence electrons. The van der Waals surface area contributed by atoms with E-state index in [0.29, 0.717) is 56.9 Å². The minimum absolute atomic E-state index is 0.264. The van der Waals surface area contributed by atoms with Crippen molar-refractivity contribution in [1.29, 1.82) is 0 Å². The Morgan fingerprint density at radius 1 is 1.15 bits per heavy atom. The second kappa shape index (κ2) is 11.5. The van der Waals surface area contributed by atoms with E-state index >= 15 is 0 Å². The first-order valence-corrected chi connectivity index (χ1v) is 14.7. The minimum Gasteiger partial charge on any atom is -0.497 e. The van der Waals surface area contributed by atoms with Crippen LogP contribution in [0.15, 0.2) is 90.6 Å². The Hall–Kier alpha value is -3.93. The lowest BCUT2D eigenvalue weighted by Gasteiger charge is -2.26. The quantitative estimate of drug-likeness (QED) is 0.343. The zero-order chi connectivity index (χ0) is 28.5. The molecular weight excluding hydrogens is 608 g/mol. The maximum atomic E-state index is 14.0. The van der Waals surface area contributed by atoms with Crippen molar-refractivity contribution in [2.45, 2.75) is 13.0 Å². The lowest BCUT2D eigenvalue weighted by atomic mass is 9.95. The Balaban J connectivity index is 1.46. The zero-order valence-corrected chi connectivity index (χ0v) is 24.8. The van der Waals surface area contributed by atoms with Crippen LogP contribution in [-0.2, 0) is 9.53 Å². The molecule has 1 saturated heterocycles. The number of furan rings is 1. The molecule has 0 aliphatic carbocycles. The molecule has 2 aliphatic rings. The number of fused-ring (bicyclic) bond motifs is 1. The third-order valence-electron chi connectivity index (χ3n) is 6.97. The predicted molar refractivity (Wildman–Crippen MR) is 161 cm³/mol. The van der Waals surface area contributed by atoms with Gasteiger partial charge in [0.25, 0.3) is 11.5 Å². The van der Waals surface area contributed by atoms with Gasteiger partial charge in [0.1, 0.15) is 11.5 Å². The summed E-state index contributed by atoms with van der Waals surface area (Å²) in [4.78, 5) is 35.0. The van der Waals surface area contributed by atoms with Crippen LogP contribution in [0.25, 0.3) is 6.08 Å². The number of nitrogens with zero attached hydrogens (tertiary/aromatic N) is 3. The number of hydrogen-bond acceptors (Lipinski definition) is 8. The van der Waals surface area contributed by atoms with Crippen LogP contribution in [0.3, 0.4) is 0 Å². The van der Waals surface area contributed by atoms with Gasteiger partial charge in [0.05, 0.1) is 46.6 Å². The van der Waals surface area contributed by atoms with Crippen LogP contribution in [0.5, 0.6) is 5.75 Å². The molecule has 4 heterocycles. The number of amides is 1. The van der Waals surface area contributed by atoms with Gasteiger partial charge in [0, 0.05) is 30.9 Å². The lowest BCUT2D eigenvalue weighted by molar-refractivity contribution is -0.113. The molecule has 2 aliphatic heterocycles. The van der Waals surface area contributed by atoms with Gasteiger partial charge < -0.3 is 24.1 Å². The van der Waals surface area contributed by atoms with Gasteiger partial charge in [-0.25, -0.2) is 4.99 Å². The Labute approximate surface area is 248 Å². The van der Waals surface area contributed by atoms with E-state index in [4.69, 9.17) is 18.9 Å². The number of nitrogens with one attached hydrogen (secondary N) is 1. The van der Waals surface area contributed by atoms with Crippen molar-refractivity contribution < 1.29 is 18.7 Å². The second-order valence-electron chi connectivity index (χ2n) is 9.58. The maximum absolute atomic E-state index is 14.0. The number of carbonyl (C=O) groups excluding carboxylic acids is 1. The summed E-state index contributed by atoms with van der Waals surface area (Å²) >= 11 is 4.86. The largest absolute Gasteiger partial charge is 0.497 e. The van der Waals surface area contributed by atoms with Crippen molar-refractivity contribution in [2.75, 3.05) is 43.6 Å². The van der Waals surface area contributed by atoms with E-state index in [2.05, 4.69) is 26.1 Å². The Morgan fingerprint density at radius 3 is 2.68 bits per heavy atom. The van der Waals surface area contributed by atoms with Crippen molar-refractivity contribution in [3.63, 3.8) is 0 Å². The summed E-state index contributed by atoms with van der Waals surface area (Å²) in [7, 11) is 1.58. The molecule has 4 aromatic rings. The number of ether oxygens (including phenoxy) is 2. The van der Waals surface area contributed by atoms with Gasteiger partial charge in [0.2, 0.25) is 5.88 Å². The molecule has 0 radical (unpaired) electrons. The van der Waals surface area contributed by atoms with Gasteiger partial charge >= 0.3 is 0 Å². The fraction of sp³-hybridized carbons (Fsp3) is 0.233. The third kappa shape index (κ3) is 5.40. The van der Waals surface area contributed by atoms with E-state index in [1.807, 2.05) is 60.7 Å². The van der Waals surface area contributed by atoms with Gasteiger partial charge in [-0.05, 0) is 52.7 Å². The molecule has 1 amide bonds. The van der Waals surface area contributed by atoms with E-state index in [0.717, 1.165) is 23.1 Å². The summed E-state index contributed by atoms with van der Waals surface area (Å²) in [6.45, 7) is 4.50. The van der Waals surface area contributed by atoms with Gasteiger partial charge in [-0.1, -0.05) is 41.7 Å². The number of rotatable bonds is 6. The highest BCUT2D eigenvalue weighted by Crippen LogP contribution is 2.33. The molecule has 11 heteroatoms. The van der Waals surface area contributed by atoms with Crippen LogP contribution in [0, 0.1) is 0 Å². The minimum atomic E-state index is -0.709. The molecule has 2 aromatic carbocycles. The fourth-order valence-electron chi connectivity index (χ4n) is 5.02. The first-order chi connectivity index (χ1) is 19.9. The number of aromatic nitrogens is 1. The topological polar surface area (TPSA) is 98.3 Å². The van der Waals surface area contributed by atoms with Crippen LogP contribution in [0.4, 0.5) is 11.6 Å². The van der Waals surface area contributed by atoms with Crippen molar-refractivity contribution in [3.8, 4) is 5.75 Å². The highest BCUT2D eigenvalue weighted by Gasteiger charge is 2.33. The number of anilines is 2. The zero-order valence-electron chi connectivity index (χ0n) is 22.4. The fourth-order valence-corrected chi connectivity index (χ4v) is 6.60. The number of thiazole rings is 1. The molecule has 1 atom stereocenters. The average molecular weight is 636 g/mol. The maximum Gasteiger partial charge on any atom is 0.271 e. The molecule has 0 spiro atoms. The first kappa shape index (κ1) is 27.3. The predicted octanol–water partition coefficient (Wildman–Crippen LogP) is 4.07. The molecule has 2 aromatic heterocycles. The Bertz CT molecular complexity index is 1820. The Morgan fingerprint density at radius 2 is 1.93 bits per heavy atom. The number of morpholine rings is 1. The number of methoxy groups -OCH3 is 1. The van der Waals surface area contributed by atoms with Crippen LogP contribution in [0.2, 0.25) is 0 Å². The highest BCUT2D eigenvalue weighted by molar-refractivity contribution is 9.10. The molecule has 6 rings (SSSR count). The molecule has 41 heavy (non-hydrogen) atoms. The molecule has 9 nitrogen and oxygen atoms in total. The van der Waals surface area contributed by atoms with Crippen molar-refractivity contribution in [1.82, 2.24) is 4.57 Å². The number of halogens is 1. The summed E-state index contributed by atoms with van der Waals surface area (Å²) in [5.41, 5.74) is 2.05. The monoisotopic (exact) mass is 634 g/mol. The average Bonchev–Trinajstić information content (AvgIpc) is 3.51. The molecule has 1 N–H and O–H groups in total. The van der Waals surface area contributed by atoms with E-state index in [-0.39, 0.29) is 11.5 Å². The summed E-state index contributed by atoms with van der Waals surface area (Å²) in [5, 5.41) is 2.97. The molecule has 0 saturated carbocycles.